The van der Waals surface area contributed by atoms with Crippen molar-refractivity contribution in [2.45, 2.75) is 77.8 Å². The van der Waals surface area contributed by atoms with Crippen molar-refractivity contribution in [3.05, 3.63) is 0 Å². The van der Waals surface area contributed by atoms with Gasteiger partial charge in [0.15, 0.2) is 0 Å². The lowest BCUT2D eigenvalue weighted by Gasteiger charge is -2.45. The van der Waals surface area contributed by atoms with Gasteiger partial charge in [0.2, 0.25) is 0 Å². The first-order valence-electron chi connectivity index (χ1n) is 8.69. The van der Waals surface area contributed by atoms with Crippen molar-refractivity contribution in [1.29, 1.82) is 0 Å². The molecule has 0 bridgehead atoms. The monoisotopic (exact) mass is 266 g/mol. The molecule has 0 aromatic heterocycles. The molecule has 2 fully saturated rings. The highest BCUT2D eigenvalue weighted by molar-refractivity contribution is 4.92. The van der Waals surface area contributed by atoms with Crippen LogP contribution < -0.4 is 5.32 Å². The zero-order chi connectivity index (χ0) is 13.7. The lowest BCUT2D eigenvalue weighted by molar-refractivity contribution is 0.0685. The predicted molar refractivity (Wildman–Crippen MR) is 83.5 cm³/mol. The topological polar surface area (TPSA) is 15.3 Å². The van der Waals surface area contributed by atoms with Gasteiger partial charge in [0.1, 0.15) is 0 Å². The second kappa shape index (κ2) is 7.64. The largest absolute Gasteiger partial charge is 0.312 e. The van der Waals surface area contributed by atoms with Gasteiger partial charge < -0.3 is 5.32 Å². The van der Waals surface area contributed by atoms with Gasteiger partial charge in [-0.05, 0) is 70.0 Å². The molecule has 2 rings (SSSR count). The second-order valence-corrected chi connectivity index (χ2v) is 7.04. The maximum atomic E-state index is 3.84. The first-order valence-corrected chi connectivity index (χ1v) is 8.69. The molecule has 3 atom stereocenters. The quantitative estimate of drug-likeness (QED) is 0.817. The Morgan fingerprint density at radius 2 is 1.84 bits per heavy atom. The zero-order valence-electron chi connectivity index (χ0n) is 13.3. The van der Waals surface area contributed by atoms with Crippen molar-refractivity contribution in [2.24, 2.45) is 11.8 Å². The van der Waals surface area contributed by atoms with E-state index in [0.717, 1.165) is 23.9 Å². The Morgan fingerprint density at radius 3 is 2.47 bits per heavy atom. The summed E-state index contributed by atoms with van der Waals surface area (Å²) in [6.45, 7) is 11.0. The van der Waals surface area contributed by atoms with E-state index in [2.05, 4.69) is 31.0 Å². The minimum atomic E-state index is 0.757. The van der Waals surface area contributed by atoms with Crippen molar-refractivity contribution < 1.29 is 0 Å². The number of nitrogens with one attached hydrogen (secondary N) is 1. The number of piperidine rings is 1. The van der Waals surface area contributed by atoms with Gasteiger partial charge in [-0.1, -0.05) is 27.2 Å². The third-order valence-corrected chi connectivity index (χ3v) is 5.32. The number of likely N-dealkylation sites (tertiary alicyclic amines) is 1. The fourth-order valence-electron chi connectivity index (χ4n) is 4.01. The molecule has 0 aromatic rings. The molecule has 19 heavy (non-hydrogen) atoms. The Balaban J connectivity index is 1.97. The summed E-state index contributed by atoms with van der Waals surface area (Å²) >= 11 is 0. The lowest BCUT2D eigenvalue weighted by Crippen LogP contribution is -2.55. The van der Waals surface area contributed by atoms with Crippen LogP contribution in [0.4, 0.5) is 0 Å². The molecule has 112 valence electrons. The van der Waals surface area contributed by atoms with E-state index in [1.165, 1.54) is 64.6 Å². The summed E-state index contributed by atoms with van der Waals surface area (Å²) in [5.74, 6) is 1.81. The smallest absolute Gasteiger partial charge is 0.0252 e. The summed E-state index contributed by atoms with van der Waals surface area (Å²) in [5, 5.41) is 3.84. The van der Waals surface area contributed by atoms with Crippen LogP contribution in [0.25, 0.3) is 0 Å². The van der Waals surface area contributed by atoms with Gasteiger partial charge in [0, 0.05) is 12.1 Å². The third-order valence-electron chi connectivity index (χ3n) is 5.32. The van der Waals surface area contributed by atoms with Crippen LogP contribution in [-0.4, -0.2) is 36.6 Å². The van der Waals surface area contributed by atoms with Crippen LogP contribution in [0.1, 0.15) is 65.7 Å². The van der Waals surface area contributed by atoms with E-state index in [1.54, 1.807) is 0 Å². The van der Waals surface area contributed by atoms with Crippen LogP contribution in [0.5, 0.6) is 0 Å². The molecular formula is C17H34N2. The van der Waals surface area contributed by atoms with E-state index in [9.17, 15) is 0 Å². The molecule has 0 radical (unpaired) electrons. The van der Waals surface area contributed by atoms with Gasteiger partial charge >= 0.3 is 0 Å². The van der Waals surface area contributed by atoms with E-state index in [1.807, 2.05) is 0 Å². The molecule has 0 aromatic carbocycles. The predicted octanol–water partition coefficient (Wildman–Crippen LogP) is 3.67. The highest BCUT2D eigenvalue weighted by Gasteiger charge is 2.35. The van der Waals surface area contributed by atoms with E-state index in [0.29, 0.717) is 0 Å². The molecule has 3 unspecified atom stereocenters. The van der Waals surface area contributed by atoms with E-state index >= 15 is 0 Å². The second-order valence-electron chi connectivity index (χ2n) is 7.04. The van der Waals surface area contributed by atoms with Crippen LogP contribution in [0, 0.1) is 11.8 Å². The molecule has 2 aliphatic rings. The zero-order valence-corrected chi connectivity index (χ0v) is 13.3. The molecule has 0 spiro atoms. The Kier molecular flexibility index (Phi) is 6.15. The average Bonchev–Trinajstić information content (AvgIpc) is 2.45. The van der Waals surface area contributed by atoms with Crippen LogP contribution in [0.15, 0.2) is 0 Å². The molecule has 1 aliphatic carbocycles. The summed E-state index contributed by atoms with van der Waals surface area (Å²) in [7, 11) is 0. The summed E-state index contributed by atoms with van der Waals surface area (Å²) in [5.41, 5.74) is 0. The number of hydrogen-bond acceptors (Lipinski definition) is 2. The Bertz CT molecular complexity index is 246. The fourth-order valence-corrected chi connectivity index (χ4v) is 4.01. The minimum absolute atomic E-state index is 0.757. The van der Waals surface area contributed by atoms with Crippen molar-refractivity contribution in [1.82, 2.24) is 10.2 Å². The first-order chi connectivity index (χ1) is 9.22. The summed E-state index contributed by atoms with van der Waals surface area (Å²) < 4.78 is 0. The molecule has 1 saturated carbocycles. The van der Waals surface area contributed by atoms with E-state index in [4.69, 9.17) is 0 Å². The minimum Gasteiger partial charge on any atom is -0.312 e. The van der Waals surface area contributed by atoms with E-state index in [-0.39, 0.29) is 0 Å². The highest BCUT2D eigenvalue weighted by Crippen LogP contribution is 2.33. The SMILES string of the molecule is CCCNC1CCC(C(C)C)CC1N1CCCCC1. The summed E-state index contributed by atoms with van der Waals surface area (Å²) in [4.78, 5) is 2.81. The number of hydrogen-bond donors (Lipinski definition) is 1. The average molecular weight is 266 g/mol. The van der Waals surface area contributed by atoms with Gasteiger partial charge in [0.25, 0.3) is 0 Å². The lowest BCUT2D eigenvalue weighted by atomic mass is 9.76. The van der Waals surface area contributed by atoms with Crippen LogP contribution in [0.2, 0.25) is 0 Å². The van der Waals surface area contributed by atoms with Crippen LogP contribution in [0.3, 0.4) is 0 Å². The molecule has 1 aliphatic heterocycles. The van der Waals surface area contributed by atoms with Crippen molar-refractivity contribution in [3.8, 4) is 0 Å². The van der Waals surface area contributed by atoms with Crippen LogP contribution in [-0.2, 0) is 0 Å². The maximum Gasteiger partial charge on any atom is 0.0252 e. The Labute approximate surface area is 120 Å². The molecule has 2 heteroatoms. The Hall–Kier alpha value is -0.0800. The molecular weight excluding hydrogens is 232 g/mol. The van der Waals surface area contributed by atoms with Crippen LogP contribution >= 0.6 is 0 Å². The van der Waals surface area contributed by atoms with Gasteiger partial charge in [-0.2, -0.15) is 0 Å². The number of nitrogens with zero attached hydrogens (tertiary/aromatic N) is 1. The molecule has 0 amide bonds. The third kappa shape index (κ3) is 4.19. The van der Waals surface area contributed by atoms with Crippen molar-refractivity contribution in [2.75, 3.05) is 19.6 Å². The van der Waals surface area contributed by atoms with Crippen molar-refractivity contribution in [3.63, 3.8) is 0 Å². The highest BCUT2D eigenvalue weighted by atomic mass is 15.2. The van der Waals surface area contributed by atoms with Gasteiger partial charge in [-0.3, -0.25) is 4.90 Å². The standard InChI is InChI=1S/C17H34N2/c1-4-10-18-16-9-8-15(14(2)3)13-17(16)19-11-6-5-7-12-19/h14-18H,4-13H2,1-3H3. The normalized spacial score (nSPS) is 33.8. The molecule has 1 N–H and O–H groups in total. The molecule has 1 heterocycles. The van der Waals surface area contributed by atoms with Gasteiger partial charge in [0.05, 0.1) is 0 Å². The summed E-state index contributed by atoms with van der Waals surface area (Å²) in [6.07, 6.45) is 9.81. The van der Waals surface area contributed by atoms with Crippen molar-refractivity contribution >= 4 is 0 Å². The molecule has 1 saturated heterocycles. The first kappa shape index (κ1) is 15.3. The summed E-state index contributed by atoms with van der Waals surface area (Å²) in [6, 6.07) is 1.57. The number of rotatable bonds is 5. The molecule has 2 nitrogen and oxygen atoms in total. The van der Waals surface area contributed by atoms with E-state index < -0.39 is 0 Å². The fraction of sp³-hybridized carbons (Fsp3) is 1.00. The maximum absolute atomic E-state index is 3.84. The van der Waals surface area contributed by atoms with Gasteiger partial charge in [-0.25, -0.2) is 0 Å². The Morgan fingerprint density at radius 1 is 1.11 bits per heavy atom. The van der Waals surface area contributed by atoms with Gasteiger partial charge in [-0.15, -0.1) is 0 Å².